The van der Waals surface area contributed by atoms with E-state index in [1.807, 2.05) is 36.4 Å². The van der Waals surface area contributed by atoms with E-state index >= 15 is 0 Å². The van der Waals surface area contributed by atoms with E-state index in [4.69, 9.17) is 15.2 Å². The number of anilines is 2. The Labute approximate surface area is 119 Å². The summed E-state index contributed by atoms with van der Waals surface area (Å²) in [5.74, 6) is 1.60. The first-order valence-corrected chi connectivity index (χ1v) is 6.47. The Bertz CT molecular complexity index is 567. The molecule has 0 fully saturated rings. The topological polar surface area (TPSA) is 56.5 Å². The van der Waals surface area contributed by atoms with Crippen molar-refractivity contribution in [2.24, 2.45) is 0 Å². The van der Waals surface area contributed by atoms with Crippen molar-refractivity contribution in [2.45, 2.75) is 13.0 Å². The van der Waals surface area contributed by atoms with E-state index < -0.39 is 0 Å². The van der Waals surface area contributed by atoms with Crippen LogP contribution in [0.15, 0.2) is 42.5 Å². The van der Waals surface area contributed by atoms with Crippen LogP contribution in [0.2, 0.25) is 0 Å². The number of nitrogens with one attached hydrogen (secondary N) is 1. The summed E-state index contributed by atoms with van der Waals surface area (Å²) in [7, 11) is 3.29. The number of nitrogens with two attached hydrogens (primary N) is 1. The predicted molar refractivity (Wildman–Crippen MR) is 82.4 cm³/mol. The molecule has 1 unspecified atom stereocenters. The number of ether oxygens (including phenoxy) is 2. The van der Waals surface area contributed by atoms with Crippen molar-refractivity contribution in [1.29, 1.82) is 0 Å². The molecule has 0 spiro atoms. The van der Waals surface area contributed by atoms with Crippen molar-refractivity contribution >= 4 is 11.4 Å². The van der Waals surface area contributed by atoms with Crippen LogP contribution in [0.5, 0.6) is 11.5 Å². The van der Waals surface area contributed by atoms with Gasteiger partial charge in [-0.05, 0) is 30.7 Å². The lowest BCUT2D eigenvalue weighted by Crippen LogP contribution is -2.07. The van der Waals surface area contributed by atoms with Gasteiger partial charge < -0.3 is 20.5 Å². The number of benzene rings is 2. The molecule has 0 aliphatic heterocycles. The highest BCUT2D eigenvalue weighted by Gasteiger charge is 2.07. The van der Waals surface area contributed by atoms with E-state index in [0.29, 0.717) is 5.69 Å². The lowest BCUT2D eigenvalue weighted by molar-refractivity contribution is 0.414. The summed E-state index contributed by atoms with van der Waals surface area (Å²) in [6, 6.07) is 13.8. The van der Waals surface area contributed by atoms with Gasteiger partial charge in [-0.3, -0.25) is 0 Å². The fourth-order valence-corrected chi connectivity index (χ4v) is 2.05. The van der Waals surface area contributed by atoms with Crippen LogP contribution < -0.4 is 20.5 Å². The molecule has 1 atom stereocenters. The fraction of sp³-hybridized carbons (Fsp3) is 0.250. The second-order valence-electron chi connectivity index (χ2n) is 4.63. The van der Waals surface area contributed by atoms with E-state index in [2.05, 4.69) is 12.2 Å². The van der Waals surface area contributed by atoms with Crippen LogP contribution in [0.1, 0.15) is 18.5 Å². The molecule has 0 amide bonds. The molecule has 4 nitrogen and oxygen atoms in total. The summed E-state index contributed by atoms with van der Waals surface area (Å²) in [4.78, 5) is 0. The van der Waals surface area contributed by atoms with Crippen molar-refractivity contribution in [3.8, 4) is 11.5 Å². The van der Waals surface area contributed by atoms with Crippen LogP contribution in [0.4, 0.5) is 11.4 Å². The Balaban J connectivity index is 2.13. The van der Waals surface area contributed by atoms with Gasteiger partial charge in [0.05, 0.1) is 14.2 Å². The highest BCUT2D eigenvalue weighted by molar-refractivity contribution is 5.59. The number of nitrogen functional groups attached to an aromatic ring is 1. The molecule has 2 aromatic carbocycles. The van der Waals surface area contributed by atoms with Crippen LogP contribution in [0.3, 0.4) is 0 Å². The summed E-state index contributed by atoms with van der Waals surface area (Å²) in [6.45, 7) is 2.09. The van der Waals surface area contributed by atoms with Crippen molar-refractivity contribution in [3.63, 3.8) is 0 Å². The molecule has 2 rings (SSSR count). The summed E-state index contributed by atoms with van der Waals surface area (Å²) in [5, 5.41) is 3.41. The Hall–Kier alpha value is -2.36. The van der Waals surface area contributed by atoms with Crippen LogP contribution >= 0.6 is 0 Å². The first-order chi connectivity index (χ1) is 9.62. The van der Waals surface area contributed by atoms with Crippen LogP contribution in [0.25, 0.3) is 0 Å². The lowest BCUT2D eigenvalue weighted by atomic mass is 10.1. The molecule has 0 aromatic heterocycles. The third-order valence-corrected chi connectivity index (χ3v) is 3.16. The molecule has 106 valence electrons. The Morgan fingerprint density at radius 1 is 0.950 bits per heavy atom. The van der Waals surface area contributed by atoms with Crippen LogP contribution in [0, 0.1) is 0 Å². The molecule has 0 heterocycles. The van der Waals surface area contributed by atoms with Gasteiger partial charge in [-0.25, -0.2) is 0 Å². The van der Waals surface area contributed by atoms with E-state index in [-0.39, 0.29) is 6.04 Å². The minimum Gasteiger partial charge on any atom is -0.497 e. The smallest absolute Gasteiger partial charge is 0.122 e. The SMILES string of the molecule is COc1ccc(C(C)Nc2cc(N)cc(OC)c2)cc1. The van der Waals surface area contributed by atoms with Gasteiger partial charge in [-0.1, -0.05) is 12.1 Å². The van der Waals surface area contributed by atoms with E-state index in [0.717, 1.165) is 17.2 Å². The molecule has 4 heteroatoms. The van der Waals surface area contributed by atoms with Gasteiger partial charge in [-0.2, -0.15) is 0 Å². The molecule has 2 aromatic rings. The third-order valence-electron chi connectivity index (χ3n) is 3.16. The molecule has 0 saturated carbocycles. The highest BCUT2D eigenvalue weighted by atomic mass is 16.5. The molecule has 0 radical (unpaired) electrons. The molecular weight excluding hydrogens is 252 g/mol. The van der Waals surface area contributed by atoms with Gasteiger partial charge in [0.25, 0.3) is 0 Å². The fourth-order valence-electron chi connectivity index (χ4n) is 2.05. The zero-order chi connectivity index (χ0) is 14.5. The second-order valence-corrected chi connectivity index (χ2v) is 4.63. The van der Waals surface area contributed by atoms with Gasteiger partial charge in [-0.15, -0.1) is 0 Å². The Morgan fingerprint density at radius 2 is 1.60 bits per heavy atom. The monoisotopic (exact) mass is 272 g/mol. The molecule has 0 bridgehead atoms. The van der Waals surface area contributed by atoms with Gasteiger partial charge in [0, 0.05) is 29.5 Å². The molecule has 20 heavy (non-hydrogen) atoms. The standard InChI is InChI=1S/C16H20N2O2/c1-11(12-4-6-15(19-2)7-5-12)18-14-8-13(17)9-16(10-14)20-3/h4-11,18H,17H2,1-3H3. The van der Waals surface area contributed by atoms with Gasteiger partial charge >= 0.3 is 0 Å². The number of rotatable bonds is 5. The first-order valence-electron chi connectivity index (χ1n) is 6.47. The van der Waals surface area contributed by atoms with E-state index in [1.165, 1.54) is 5.56 Å². The Morgan fingerprint density at radius 3 is 2.20 bits per heavy atom. The third kappa shape index (κ3) is 3.35. The predicted octanol–water partition coefficient (Wildman–Crippen LogP) is 3.46. The van der Waals surface area contributed by atoms with Crippen molar-refractivity contribution in [2.75, 3.05) is 25.3 Å². The zero-order valence-electron chi connectivity index (χ0n) is 12.0. The summed E-state index contributed by atoms with van der Waals surface area (Å²) in [5.41, 5.74) is 8.63. The summed E-state index contributed by atoms with van der Waals surface area (Å²) < 4.78 is 10.4. The molecular formula is C16H20N2O2. The first kappa shape index (κ1) is 14.1. The average molecular weight is 272 g/mol. The van der Waals surface area contributed by atoms with Gasteiger partial charge in [0.2, 0.25) is 0 Å². The van der Waals surface area contributed by atoms with Crippen LogP contribution in [-0.2, 0) is 0 Å². The minimum absolute atomic E-state index is 0.160. The number of methoxy groups -OCH3 is 2. The zero-order valence-corrected chi connectivity index (χ0v) is 12.0. The molecule has 3 N–H and O–H groups in total. The summed E-state index contributed by atoms with van der Waals surface area (Å²) in [6.07, 6.45) is 0. The van der Waals surface area contributed by atoms with E-state index in [9.17, 15) is 0 Å². The van der Waals surface area contributed by atoms with Crippen molar-refractivity contribution in [3.05, 3.63) is 48.0 Å². The normalized spacial score (nSPS) is 11.8. The minimum atomic E-state index is 0.160. The Kier molecular flexibility index (Phi) is 4.35. The lowest BCUT2D eigenvalue weighted by Gasteiger charge is -2.17. The number of hydrogen-bond donors (Lipinski definition) is 2. The number of hydrogen-bond acceptors (Lipinski definition) is 4. The molecule has 0 saturated heterocycles. The largest absolute Gasteiger partial charge is 0.497 e. The molecule has 0 aliphatic carbocycles. The summed E-state index contributed by atoms with van der Waals surface area (Å²) >= 11 is 0. The van der Waals surface area contributed by atoms with Crippen molar-refractivity contribution in [1.82, 2.24) is 0 Å². The average Bonchev–Trinajstić information content (AvgIpc) is 2.46. The van der Waals surface area contributed by atoms with Crippen LogP contribution in [-0.4, -0.2) is 14.2 Å². The maximum absolute atomic E-state index is 5.85. The quantitative estimate of drug-likeness (QED) is 0.818. The van der Waals surface area contributed by atoms with Crippen molar-refractivity contribution < 1.29 is 9.47 Å². The molecule has 0 aliphatic rings. The maximum atomic E-state index is 5.85. The van der Waals surface area contributed by atoms with E-state index in [1.54, 1.807) is 20.3 Å². The van der Waals surface area contributed by atoms with Gasteiger partial charge in [0.1, 0.15) is 11.5 Å². The van der Waals surface area contributed by atoms with Gasteiger partial charge in [0.15, 0.2) is 0 Å². The second kappa shape index (κ2) is 6.19. The maximum Gasteiger partial charge on any atom is 0.122 e. The highest BCUT2D eigenvalue weighted by Crippen LogP contribution is 2.26.